The van der Waals surface area contributed by atoms with E-state index in [1.54, 1.807) is 0 Å². The van der Waals surface area contributed by atoms with Crippen molar-refractivity contribution in [1.82, 2.24) is 0 Å². The number of benzene rings is 1. The highest BCUT2D eigenvalue weighted by atomic mass is 14.2. The van der Waals surface area contributed by atoms with Gasteiger partial charge in [0, 0.05) is 6.08 Å². The Morgan fingerprint density at radius 1 is 1.40 bits per heavy atom. The lowest BCUT2D eigenvalue weighted by molar-refractivity contribution is 1.51. The van der Waals surface area contributed by atoms with Gasteiger partial charge in [0.15, 0.2) is 0 Å². The van der Waals surface area contributed by atoms with Gasteiger partial charge in [0.2, 0.25) is 0 Å². The van der Waals surface area contributed by atoms with Crippen LogP contribution in [0.5, 0.6) is 0 Å². The van der Waals surface area contributed by atoms with E-state index in [4.69, 9.17) is 5.26 Å². The smallest absolute Gasteiger partial charge is 0.0918 e. The maximum absolute atomic E-state index is 8.31. The van der Waals surface area contributed by atoms with Gasteiger partial charge in [-0.15, -0.1) is 0 Å². The van der Waals surface area contributed by atoms with Crippen LogP contribution < -0.4 is 10.4 Å². The first kappa shape index (κ1) is 6.57. The molecule has 0 aromatic heterocycles. The molecular formula is C9H7N. The molecule has 0 heterocycles. The molecule has 0 radical (unpaired) electrons. The second-order valence-corrected chi connectivity index (χ2v) is 1.97. The molecule has 0 spiro atoms. The van der Waals surface area contributed by atoms with E-state index < -0.39 is 0 Å². The Balaban J connectivity index is 3.48. The Morgan fingerprint density at radius 2 is 2.10 bits per heavy atom. The fourth-order valence-corrected chi connectivity index (χ4v) is 0.745. The molecule has 0 fully saturated rings. The maximum atomic E-state index is 8.31. The SMILES string of the molecule is C=c1cccc/c1=C\C#N. The molecule has 0 saturated heterocycles. The summed E-state index contributed by atoms with van der Waals surface area (Å²) in [5.41, 5.74) is 0. The van der Waals surface area contributed by atoms with Crippen molar-refractivity contribution in [2.24, 2.45) is 0 Å². The van der Waals surface area contributed by atoms with Crippen molar-refractivity contribution in [2.45, 2.75) is 0 Å². The lowest BCUT2D eigenvalue weighted by Gasteiger charge is -1.81. The summed E-state index contributed by atoms with van der Waals surface area (Å²) in [6.45, 7) is 3.76. The molecular weight excluding hydrogens is 122 g/mol. The van der Waals surface area contributed by atoms with Crippen molar-refractivity contribution in [2.75, 3.05) is 0 Å². The highest BCUT2D eigenvalue weighted by Crippen LogP contribution is 1.69. The lowest BCUT2D eigenvalue weighted by atomic mass is 10.2. The van der Waals surface area contributed by atoms with Gasteiger partial charge in [0.25, 0.3) is 0 Å². The third-order valence-corrected chi connectivity index (χ3v) is 1.28. The van der Waals surface area contributed by atoms with E-state index in [2.05, 4.69) is 6.58 Å². The molecule has 1 aromatic rings. The molecule has 0 aliphatic rings. The summed E-state index contributed by atoms with van der Waals surface area (Å²) in [7, 11) is 0. The fourth-order valence-electron chi connectivity index (χ4n) is 0.745. The van der Waals surface area contributed by atoms with Gasteiger partial charge in [-0.05, 0) is 10.4 Å². The first-order valence-electron chi connectivity index (χ1n) is 2.98. The van der Waals surface area contributed by atoms with Gasteiger partial charge in [-0.3, -0.25) is 0 Å². The van der Waals surface area contributed by atoms with Crippen LogP contribution in [0.15, 0.2) is 24.3 Å². The molecule has 1 rings (SSSR count). The maximum Gasteiger partial charge on any atom is 0.0918 e. The summed E-state index contributed by atoms with van der Waals surface area (Å²) in [5.74, 6) is 0. The monoisotopic (exact) mass is 129 g/mol. The third-order valence-electron chi connectivity index (χ3n) is 1.28. The van der Waals surface area contributed by atoms with Gasteiger partial charge in [-0.2, -0.15) is 5.26 Å². The highest BCUT2D eigenvalue weighted by molar-refractivity contribution is 5.39. The van der Waals surface area contributed by atoms with E-state index in [1.807, 2.05) is 30.3 Å². The largest absolute Gasteiger partial charge is 0.193 e. The Hall–Kier alpha value is -1.55. The summed E-state index contributed by atoms with van der Waals surface area (Å²) < 4.78 is 0. The molecule has 1 heteroatoms. The summed E-state index contributed by atoms with van der Waals surface area (Å²) in [6, 6.07) is 9.49. The van der Waals surface area contributed by atoms with E-state index in [1.165, 1.54) is 6.08 Å². The van der Waals surface area contributed by atoms with Crippen LogP contribution in [-0.4, -0.2) is 0 Å². The molecule has 1 aromatic carbocycles. The van der Waals surface area contributed by atoms with Crippen LogP contribution in [-0.2, 0) is 0 Å². The topological polar surface area (TPSA) is 23.8 Å². The number of nitrogens with zero attached hydrogens (tertiary/aromatic N) is 1. The average molecular weight is 129 g/mol. The van der Waals surface area contributed by atoms with Crippen LogP contribution in [0.25, 0.3) is 12.7 Å². The molecule has 0 N–H and O–H groups in total. The quantitative estimate of drug-likeness (QED) is 0.497. The van der Waals surface area contributed by atoms with Gasteiger partial charge >= 0.3 is 0 Å². The molecule has 0 amide bonds. The molecule has 0 atom stereocenters. The van der Waals surface area contributed by atoms with Crippen LogP contribution in [0.4, 0.5) is 0 Å². The van der Waals surface area contributed by atoms with E-state index in [0.717, 1.165) is 10.4 Å². The molecule has 0 aliphatic carbocycles. The summed E-state index contributed by atoms with van der Waals surface area (Å²) in [5, 5.41) is 10.1. The summed E-state index contributed by atoms with van der Waals surface area (Å²) in [4.78, 5) is 0. The van der Waals surface area contributed by atoms with E-state index in [0.29, 0.717) is 0 Å². The van der Waals surface area contributed by atoms with Crippen LogP contribution in [0.1, 0.15) is 0 Å². The normalized spacial score (nSPS) is 10.9. The van der Waals surface area contributed by atoms with Crippen molar-refractivity contribution in [3.63, 3.8) is 0 Å². The minimum atomic E-state index is 0.893. The van der Waals surface area contributed by atoms with Gasteiger partial charge in [0.1, 0.15) is 0 Å². The zero-order chi connectivity index (χ0) is 7.40. The number of nitriles is 1. The van der Waals surface area contributed by atoms with Crippen LogP contribution in [0.2, 0.25) is 0 Å². The predicted octanol–water partition coefficient (Wildman–Crippen LogP) is 0.401. The molecule has 0 aliphatic heterocycles. The summed E-state index contributed by atoms with van der Waals surface area (Å²) in [6.07, 6.45) is 1.49. The molecule has 0 bridgehead atoms. The fraction of sp³-hybridized carbons (Fsp3) is 0. The molecule has 0 saturated carbocycles. The standard InChI is InChI=1S/C9H7N/c1-8-4-2-3-5-9(8)6-7-10/h2-6H,1H2/b9-6+. The summed E-state index contributed by atoms with van der Waals surface area (Å²) >= 11 is 0. The van der Waals surface area contributed by atoms with Crippen molar-refractivity contribution in [3.8, 4) is 6.07 Å². The predicted molar refractivity (Wildman–Crippen MR) is 41.3 cm³/mol. The van der Waals surface area contributed by atoms with E-state index in [9.17, 15) is 0 Å². The molecule has 1 nitrogen and oxygen atoms in total. The second kappa shape index (κ2) is 2.84. The Morgan fingerprint density at radius 3 is 2.70 bits per heavy atom. The Labute approximate surface area is 59.5 Å². The zero-order valence-corrected chi connectivity index (χ0v) is 5.54. The van der Waals surface area contributed by atoms with Crippen molar-refractivity contribution < 1.29 is 0 Å². The van der Waals surface area contributed by atoms with Gasteiger partial charge in [0.05, 0.1) is 6.07 Å². The number of hydrogen-bond acceptors (Lipinski definition) is 1. The van der Waals surface area contributed by atoms with E-state index in [-0.39, 0.29) is 0 Å². The third kappa shape index (κ3) is 1.24. The zero-order valence-electron chi connectivity index (χ0n) is 5.54. The Bertz CT molecular complexity index is 357. The molecule has 0 unspecified atom stereocenters. The van der Waals surface area contributed by atoms with E-state index >= 15 is 0 Å². The minimum absolute atomic E-state index is 0.893. The van der Waals surface area contributed by atoms with Gasteiger partial charge < -0.3 is 0 Å². The van der Waals surface area contributed by atoms with Crippen LogP contribution in [0.3, 0.4) is 0 Å². The first-order chi connectivity index (χ1) is 4.84. The number of hydrogen-bond donors (Lipinski definition) is 0. The van der Waals surface area contributed by atoms with Crippen molar-refractivity contribution in [3.05, 3.63) is 34.7 Å². The van der Waals surface area contributed by atoms with Crippen molar-refractivity contribution >= 4 is 12.7 Å². The minimum Gasteiger partial charge on any atom is -0.193 e. The second-order valence-electron chi connectivity index (χ2n) is 1.97. The molecule has 10 heavy (non-hydrogen) atoms. The highest BCUT2D eigenvalue weighted by Gasteiger charge is 1.76. The average Bonchev–Trinajstić information content (AvgIpc) is 1.94. The van der Waals surface area contributed by atoms with Crippen LogP contribution in [0, 0.1) is 11.3 Å². The lowest BCUT2D eigenvalue weighted by Crippen LogP contribution is -2.21. The van der Waals surface area contributed by atoms with Gasteiger partial charge in [-0.25, -0.2) is 0 Å². The first-order valence-corrected chi connectivity index (χ1v) is 2.98. The van der Waals surface area contributed by atoms with Gasteiger partial charge in [-0.1, -0.05) is 30.8 Å². The van der Waals surface area contributed by atoms with Crippen molar-refractivity contribution in [1.29, 1.82) is 5.26 Å². The number of rotatable bonds is 0. The Kier molecular flexibility index (Phi) is 1.86. The van der Waals surface area contributed by atoms with Crippen LogP contribution >= 0.6 is 0 Å². The molecule has 48 valence electrons.